The van der Waals surface area contributed by atoms with E-state index in [0.29, 0.717) is 11.8 Å². The molecule has 1 aromatic rings. The average molecular weight is 267 g/mol. The summed E-state index contributed by atoms with van der Waals surface area (Å²) >= 11 is 1.85. The summed E-state index contributed by atoms with van der Waals surface area (Å²) in [5.74, 6) is 1.23. The smallest absolute Gasteiger partial charge is 0.0971 e. The molecular weight excluding hydrogens is 242 g/mol. The number of piperidine rings is 1. The van der Waals surface area contributed by atoms with Gasteiger partial charge >= 0.3 is 0 Å². The highest BCUT2D eigenvalue weighted by Gasteiger charge is 2.22. The molecule has 1 saturated heterocycles. The molecule has 0 bridgehead atoms. The molecular formula is C14H25N3S. The summed E-state index contributed by atoms with van der Waals surface area (Å²) in [4.78, 5) is 7.34. The van der Waals surface area contributed by atoms with E-state index < -0.39 is 0 Å². The van der Waals surface area contributed by atoms with Crippen LogP contribution in [0.2, 0.25) is 0 Å². The zero-order valence-electron chi connectivity index (χ0n) is 11.8. The molecule has 0 aliphatic carbocycles. The van der Waals surface area contributed by atoms with Gasteiger partial charge in [0.2, 0.25) is 0 Å². The highest BCUT2D eigenvalue weighted by Crippen LogP contribution is 2.30. The van der Waals surface area contributed by atoms with Gasteiger partial charge in [0.1, 0.15) is 0 Å². The van der Waals surface area contributed by atoms with E-state index in [0.717, 1.165) is 6.54 Å². The predicted molar refractivity (Wildman–Crippen MR) is 78.5 cm³/mol. The molecule has 2 rings (SSSR count). The Bertz CT molecular complexity index is 364. The Morgan fingerprint density at radius 3 is 3.11 bits per heavy atom. The van der Waals surface area contributed by atoms with Gasteiger partial charge < -0.3 is 10.2 Å². The van der Waals surface area contributed by atoms with Crippen LogP contribution < -0.4 is 5.32 Å². The topological polar surface area (TPSA) is 28.2 Å². The summed E-state index contributed by atoms with van der Waals surface area (Å²) in [6.07, 6.45) is 3.77. The van der Waals surface area contributed by atoms with E-state index in [1.807, 2.05) is 18.4 Å². The van der Waals surface area contributed by atoms with Crippen molar-refractivity contribution in [2.24, 2.45) is 0 Å². The molecule has 2 atom stereocenters. The van der Waals surface area contributed by atoms with Crippen LogP contribution in [-0.4, -0.2) is 43.6 Å². The lowest BCUT2D eigenvalue weighted by Crippen LogP contribution is -2.31. The summed E-state index contributed by atoms with van der Waals surface area (Å²) in [7, 11) is 4.24. The first-order valence-electron chi connectivity index (χ1n) is 7.03. The van der Waals surface area contributed by atoms with Crippen LogP contribution in [0.5, 0.6) is 0 Å². The summed E-state index contributed by atoms with van der Waals surface area (Å²) in [5, 5.41) is 6.88. The van der Waals surface area contributed by atoms with Gasteiger partial charge in [-0.2, -0.15) is 0 Å². The van der Waals surface area contributed by atoms with Crippen LogP contribution in [-0.2, 0) is 0 Å². The third-order valence-corrected chi connectivity index (χ3v) is 4.90. The second kappa shape index (κ2) is 6.64. The van der Waals surface area contributed by atoms with Crippen LogP contribution in [0.4, 0.5) is 0 Å². The monoisotopic (exact) mass is 267 g/mol. The predicted octanol–water partition coefficient (Wildman–Crippen LogP) is 2.67. The van der Waals surface area contributed by atoms with Crippen molar-refractivity contribution >= 4 is 11.3 Å². The van der Waals surface area contributed by atoms with Crippen molar-refractivity contribution in [2.75, 3.05) is 33.7 Å². The third-order valence-electron chi connectivity index (χ3n) is 3.88. The van der Waals surface area contributed by atoms with E-state index in [1.165, 1.54) is 43.1 Å². The number of hydrogen-bond donors (Lipinski definition) is 1. The second-order valence-corrected chi connectivity index (χ2v) is 6.26. The first-order valence-corrected chi connectivity index (χ1v) is 7.91. The highest BCUT2D eigenvalue weighted by molar-refractivity contribution is 7.09. The van der Waals surface area contributed by atoms with Crippen molar-refractivity contribution in [3.63, 3.8) is 0 Å². The lowest BCUT2D eigenvalue weighted by Gasteiger charge is -2.28. The fraction of sp³-hybridized carbons (Fsp3) is 0.786. The molecule has 18 heavy (non-hydrogen) atoms. The van der Waals surface area contributed by atoms with Gasteiger partial charge in [-0.05, 0) is 39.9 Å². The largest absolute Gasteiger partial charge is 0.319 e. The molecule has 1 aliphatic rings. The fourth-order valence-electron chi connectivity index (χ4n) is 2.74. The second-order valence-electron chi connectivity index (χ2n) is 5.37. The Kier molecular flexibility index (Phi) is 5.15. The first-order chi connectivity index (χ1) is 8.74. The zero-order valence-corrected chi connectivity index (χ0v) is 12.6. The average Bonchev–Trinajstić information content (AvgIpc) is 2.85. The molecule has 3 nitrogen and oxygen atoms in total. The summed E-state index contributed by atoms with van der Waals surface area (Å²) in [6.45, 7) is 5.70. The minimum Gasteiger partial charge on any atom is -0.319 e. The fourth-order valence-corrected chi connectivity index (χ4v) is 3.82. The standard InChI is InChI=1S/C14H25N3S/c1-4-11(8-15-2)14-16-13(10-18-14)12-6-5-7-17(3)9-12/h10-12,15H,4-9H2,1-3H3. The molecule has 102 valence electrons. The number of aromatic nitrogens is 1. The van der Waals surface area contributed by atoms with Crippen LogP contribution >= 0.6 is 11.3 Å². The van der Waals surface area contributed by atoms with E-state index in [1.54, 1.807) is 0 Å². The van der Waals surface area contributed by atoms with Gasteiger partial charge in [0, 0.05) is 30.3 Å². The Morgan fingerprint density at radius 1 is 1.61 bits per heavy atom. The molecule has 0 spiro atoms. The Hall–Kier alpha value is -0.450. The number of thiazole rings is 1. The lowest BCUT2D eigenvalue weighted by atomic mass is 9.96. The Morgan fingerprint density at radius 2 is 2.44 bits per heavy atom. The number of nitrogens with zero attached hydrogens (tertiary/aromatic N) is 2. The van der Waals surface area contributed by atoms with Crippen LogP contribution in [0.25, 0.3) is 0 Å². The molecule has 0 saturated carbocycles. The van der Waals surface area contributed by atoms with Gasteiger partial charge in [0.25, 0.3) is 0 Å². The van der Waals surface area contributed by atoms with Crippen molar-refractivity contribution in [2.45, 2.75) is 38.0 Å². The van der Waals surface area contributed by atoms with Crippen LogP contribution in [0, 0.1) is 0 Å². The van der Waals surface area contributed by atoms with E-state index in [2.05, 4.69) is 29.6 Å². The third kappa shape index (κ3) is 3.31. The van der Waals surface area contributed by atoms with Crippen molar-refractivity contribution < 1.29 is 0 Å². The van der Waals surface area contributed by atoms with E-state index in [9.17, 15) is 0 Å². The van der Waals surface area contributed by atoms with Gasteiger partial charge in [-0.1, -0.05) is 6.92 Å². The van der Waals surface area contributed by atoms with Gasteiger partial charge in [0.05, 0.1) is 10.7 Å². The molecule has 2 heterocycles. The minimum absolute atomic E-state index is 0.579. The van der Waals surface area contributed by atoms with E-state index in [4.69, 9.17) is 4.98 Å². The number of hydrogen-bond acceptors (Lipinski definition) is 4. The molecule has 1 fully saturated rings. The first kappa shape index (κ1) is 14.0. The summed E-state index contributed by atoms with van der Waals surface area (Å²) in [5.41, 5.74) is 1.33. The normalized spacial score (nSPS) is 23.2. The number of nitrogens with one attached hydrogen (secondary N) is 1. The minimum atomic E-state index is 0.579. The quantitative estimate of drug-likeness (QED) is 0.889. The van der Waals surface area contributed by atoms with Crippen LogP contribution in [0.3, 0.4) is 0 Å². The van der Waals surface area contributed by atoms with Crippen LogP contribution in [0.15, 0.2) is 5.38 Å². The SMILES string of the molecule is CCC(CNC)c1nc(C2CCCN(C)C2)cs1. The maximum Gasteiger partial charge on any atom is 0.0971 e. The van der Waals surface area contributed by atoms with Gasteiger partial charge in [-0.3, -0.25) is 0 Å². The number of rotatable bonds is 5. The maximum atomic E-state index is 4.91. The highest BCUT2D eigenvalue weighted by atomic mass is 32.1. The summed E-state index contributed by atoms with van der Waals surface area (Å²) in [6, 6.07) is 0. The Balaban J connectivity index is 2.04. The van der Waals surface area contributed by atoms with E-state index in [-0.39, 0.29) is 0 Å². The van der Waals surface area contributed by atoms with Crippen molar-refractivity contribution in [1.82, 2.24) is 15.2 Å². The Labute approximate surface area is 115 Å². The molecule has 4 heteroatoms. The van der Waals surface area contributed by atoms with Gasteiger partial charge in [-0.25, -0.2) is 4.98 Å². The molecule has 0 radical (unpaired) electrons. The van der Waals surface area contributed by atoms with Crippen molar-refractivity contribution in [3.05, 3.63) is 16.1 Å². The van der Waals surface area contributed by atoms with E-state index >= 15 is 0 Å². The lowest BCUT2D eigenvalue weighted by molar-refractivity contribution is 0.248. The molecule has 0 amide bonds. The van der Waals surface area contributed by atoms with Crippen LogP contribution in [0.1, 0.15) is 48.7 Å². The molecule has 1 N–H and O–H groups in total. The molecule has 1 aliphatic heterocycles. The van der Waals surface area contributed by atoms with Crippen molar-refractivity contribution in [1.29, 1.82) is 0 Å². The number of likely N-dealkylation sites (tertiary alicyclic amines) is 1. The van der Waals surface area contributed by atoms with Crippen molar-refractivity contribution in [3.8, 4) is 0 Å². The zero-order chi connectivity index (χ0) is 13.0. The molecule has 2 unspecified atom stereocenters. The molecule has 1 aromatic heterocycles. The van der Waals surface area contributed by atoms with Gasteiger partial charge in [0.15, 0.2) is 0 Å². The number of likely N-dealkylation sites (N-methyl/N-ethyl adjacent to an activating group) is 2. The van der Waals surface area contributed by atoms with Gasteiger partial charge in [-0.15, -0.1) is 11.3 Å². The summed E-state index contributed by atoms with van der Waals surface area (Å²) < 4.78 is 0. The maximum absolute atomic E-state index is 4.91. The molecule has 0 aromatic carbocycles.